The van der Waals surface area contributed by atoms with Gasteiger partial charge in [-0.1, -0.05) is 48.5 Å². The van der Waals surface area contributed by atoms with Gasteiger partial charge in [0.1, 0.15) is 0 Å². The van der Waals surface area contributed by atoms with Crippen molar-refractivity contribution in [1.29, 1.82) is 0 Å². The second-order valence-corrected chi connectivity index (χ2v) is 6.67. The topological polar surface area (TPSA) is 15.3 Å². The van der Waals surface area contributed by atoms with Crippen molar-refractivity contribution < 1.29 is 0 Å². The normalized spacial score (nSPS) is 10.3. The van der Waals surface area contributed by atoms with Crippen LogP contribution in [0.4, 0.5) is 5.69 Å². The minimum absolute atomic E-state index is 0.813. The molecule has 0 saturated carbocycles. The third kappa shape index (κ3) is 6.24. The Morgan fingerprint density at radius 1 is 1.04 bits per heavy atom. The second-order valence-electron chi connectivity index (χ2n) is 5.30. The molecule has 0 aliphatic rings. The Hall–Kier alpha value is -1.52. The summed E-state index contributed by atoms with van der Waals surface area (Å²) in [4.78, 5) is 2.20. The molecule has 0 bridgehead atoms. The van der Waals surface area contributed by atoms with Crippen LogP contribution in [0.15, 0.2) is 60.7 Å². The van der Waals surface area contributed by atoms with E-state index in [1.54, 1.807) is 0 Å². The fourth-order valence-corrected chi connectivity index (χ4v) is 3.08. The summed E-state index contributed by atoms with van der Waals surface area (Å²) in [6, 6.07) is 20.9. The summed E-state index contributed by atoms with van der Waals surface area (Å²) >= 11 is 7.50. The Labute approximate surface area is 149 Å². The van der Waals surface area contributed by atoms with Crippen molar-refractivity contribution in [2.75, 3.05) is 30.0 Å². The zero-order valence-electron chi connectivity index (χ0n) is 13.6. The summed E-state index contributed by atoms with van der Waals surface area (Å²) < 4.78 is 0. The molecule has 0 radical (unpaired) electrons. The molecule has 0 unspecified atom stereocenters. The minimum atomic E-state index is 0.813. The van der Waals surface area contributed by atoms with Gasteiger partial charge in [0.2, 0.25) is 0 Å². The second kappa shape index (κ2) is 10.3. The number of hydrogen-bond acceptors (Lipinski definition) is 2. The van der Waals surface area contributed by atoms with Gasteiger partial charge in [0.05, 0.1) is 0 Å². The van der Waals surface area contributed by atoms with Crippen LogP contribution < -0.4 is 10.2 Å². The first kappa shape index (κ1) is 17.8. The van der Waals surface area contributed by atoms with Gasteiger partial charge in [-0.05, 0) is 54.8 Å². The van der Waals surface area contributed by atoms with Crippen molar-refractivity contribution >= 4 is 34.8 Å². The summed E-state index contributed by atoms with van der Waals surface area (Å²) in [5.41, 5.74) is 2.48. The summed E-state index contributed by atoms with van der Waals surface area (Å²) in [6.45, 7) is 1.80. The van der Waals surface area contributed by atoms with Crippen LogP contribution >= 0.6 is 24.0 Å². The van der Waals surface area contributed by atoms with Crippen LogP contribution in [-0.2, 0) is 6.42 Å². The number of rotatable bonds is 8. The Bertz CT molecular complexity index is 572. The van der Waals surface area contributed by atoms with Crippen LogP contribution in [0.1, 0.15) is 12.0 Å². The van der Waals surface area contributed by atoms with E-state index in [1.807, 2.05) is 17.8 Å². The summed E-state index contributed by atoms with van der Waals surface area (Å²) in [5.74, 6) is 1.16. The number of nitrogens with zero attached hydrogens (tertiary/aromatic N) is 1. The van der Waals surface area contributed by atoms with E-state index in [0.29, 0.717) is 0 Å². The molecule has 0 aromatic heterocycles. The molecule has 0 aliphatic carbocycles. The molecule has 0 amide bonds. The van der Waals surface area contributed by atoms with Gasteiger partial charge in [-0.25, -0.2) is 0 Å². The van der Waals surface area contributed by atoms with Crippen LogP contribution in [0.2, 0.25) is 0 Å². The molecule has 4 heteroatoms. The molecule has 2 aromatic carbocycles. The van der Waals surface area contributed by atoms with E-state index in [9.17, 15) is 0 Å². The first-order valence-corrected chi connectivity index (χ1v) is 9.75. The number of para-hydroxylation sites is 1. The molecule has 2 rings (SSSR count). The third-order valence-electron chi connectivity index (χ3n) is 3.58. The Morgan fingerprint density at radius 3 is 2.35 bits per heavy atom. The van der Waals surface area contributed by atoms with Crippen LogP contribution in [0, 0.1) is 0 Å². The average molecular weight is 345 g/mol. The van der Waals surface area contributed by atoms with Crippen LogP contribution in [-0.4, -0.2) is 30.2 Å². The lowest BCUT2D eigenvalue weighted by molar-refractivity contribution is 0.826. The minimum Gasteiger partial charge on any atom is -0.362 e. The molecule has 0 spiro atoms. The van der Waals surface area contributed by atoms with Crippen molar-refractivity contribution in [3.63, 3.8) is 0 Å². The maximum Gasteiger partial charge on any atom is 0.173 e. The van der Waals surface area contributed by atoms with Gasteiger partial charge in [-0.15, -0.1) is 0 Å². The Balaban J connectivity index is 1.98. The largest absolute Gasteiger partial charge is 0.362 e. The highest BCUT2D eigenvalue weighted by molar-refractivity contribution is 7.98. The number of thiocarbonyl (C=S) groups is 1. The van der Waals surface area contributed by atoms with Crippen LogP contribution in [0.5, 0.6) is 0 Å². The van der Waals surface area contributed by atoms with Crippen molar-refractivity contribution in [1.82, 2.24) is 5.32 Å². The third-order valence-corrected chi connectivity index (χ3v) is 4.64. The molecule has 2 aromatic rings. The fourth-order valence-electron chi connectivity index (χ4n) is 2.35. The maximum atomic E-state index is 5.63. The van der Waals surface area contributed by atoms with Gasteiger partial charge in [-0.2, -0.15) is 11.8 Å². The SMILES string of the molecule is CSCCCNC(=S)N(CCc1ccccc1)c1ccccc1. The molecule has 1 N–H and O–H groups in total. The van der Waals surface area contributed by atoms with Gasteiger partial charge in [0.15, 0.2) is 5.11 Å². The predicted octanol–water partition coefficient (Wildman–Crippen LogP) is 4.36. The van der Waals surface area contributed by atoms with Gasteiger partial charge in [0.25, 0.3) is 0 Å². The number of hydrogen-bond donors (Lipinski definition) is 1. The number of benzene rings is 2. The van der Waals surface area contributed by atoms with Crippen molar-refractivity contribution in [3.8, 4) is 0 Å². The zero-order valence-corrected chi connectivity index (χ0v) is 15.2. The lowest BCUT2D eigenvalue weighted by Crippen LogP contribution is -2.41. The van der Waals surface area contributed by atoms with Crippen molar-refractivity contribution in [3.05, 3.63) is 66.2 Å². The predicted molar refractivity (Wildman–Crippen MR) is 108 cm³/mol. The number of anilines is 1. The first-order valence-electron chi connectivity index (χ1n) is 7.94. The standard InChI is InChI=1S/C19H24N2S2/c1-23-16-8-14-20-19(22)21(18-11-6-3-7-12-18)15-13-17-9-4-2-5-10-17/h2-7,9-12H,8,13-16H2,1H3,(H,20,22). The number of thioether (sulfide) groups is 1. The first-order chi connectivity index (χ1) is 11.3. The van der Waals surface area contributed by atoms with Gasteiger partial charge in [0, 0.05) is 18.8 Å². The van der Waals surface area contributed by atoms with Gasteiger partial charge < -0.3 is 10.2 Å². The summed E-state index contributed by atoms with van der Waals surface area (Å²) in [5, 5.41) is 4.21. The van der Waals surface area contributed by atoms with E-state index >= 15 is 0 Å². The van der Waals surface area contributed by atoms with Crippen molar-refractivity contribution in [2.24, 2.45) is 0 Å². The highest BCUT2D eigenvalue weighted by atomic mass is 32.2. The summed E-state index contributed by atoms with van der Waals surface area (Å²) in [7, 11) is 0. The van der Waals surface area contributed by atoms with E-state index in [-0.39, 0.29) is 0 Å². The van der Waals surface area contributed by atoms with Crippen molar-refractivity contribution in [2.45, 2.75) is 12.8 Å². The van der Waals surface area contributed by atoms with Crippen LogP contribution in [0.25, 0.3) is 0 Å². The van der Waals surface area contributed by atoms with Gasteiger partial charge in [-0.3, -0.25) is 0 Å². The smallest absolute Gasteiger partial charge is 0.173 e. The molecule has 0 aliphatic heterocycles. The Morgan fingerprint density at radius 2 is 1.70 bits per heavy atom. The molecule has 0 atom stereocenters. The van der Waals surface area contributed by atoms with E-state index in [2.05, 4.69) is 71.1 Å². The van der Waals surface area contributed by atoms with Gasteiger partial charge >= 0.3 is 0 Å². The summed E-state index contributed by atoms with van der Waals surface area (Å²) in [6.07, 6.45) is 4.24. The lowest BCUT2D eigenvalue weighted by atomic mass is 10.1. The molecule has 23 heavy (non-hydrogen) atoms. The lowest BCUT2D eigenvalue weighted by Gasteiger charge is -2.26. The highest BCUT2D eigenvalue weighted by Crippen LogP contribution is 2.15. The van der Waals surface area contributed by atoms with E-state index in [4.69, 9.17) is 12.2 Å². The monoisotopic (exact) mass is 344 g/mol. The number of nitrogens with one attached hydrogen (secondary N) is 1. The fraction of sp³-hybridized carbons (Fsp3) is 0.316. The average Bonchev–Trinajstić information content (AvgIpc) is 2.61. The Kier molecular flexibility index (Phi) is 7.98. The molecular formula is C19H24N2S2. The zero-order chi connectivity index (χ0) is 16.3. The quantitative estimate of drug-likeness (QED) is 0.565. The molecule has 0 fully saturated rings. The highest BCUT2D eigenvalue weighted by Gasteiger charge is 2.11. The van der Waals surface area contributed by atoms with E-state index < -0.39 is 0 Å². The molecular weight excluding hydrogens is 320 g/mol. The molecule has 0 saturated heterocycles. The molecule has 122 valence electrons. The van der Waals surface area contributed by atoms with E-state index in [1.165, 1.54) is 5.56 Å². The van der Waals surface area contributed by atoms with E-state index in [0.717, 1.165) is 42.5 Å². The maximum absolute atomic E-state index is 5.63. The molecule has 0 heterocycles. The van der Waals surface area contributed by atoms with Crippen LogP contribution in [0.3, 0.4) is 0 Å². The molecule has 2 nitrogen and oxygen atoms in total.